The summed E-state index contributed by atoms with van der Waals surface area (Å²) in [6, 6.07) is 53.6. The van der Waals surface area contributed by atoms with E-state index in [0.29, 0.717) is 0 Å². The zero-order chi connectivity index (χ0) is 34.4. The maximum Gasteiger partial charge on any atom is 0.0720 e. The summed E-state index contributed by atoms with van der Waals surface area (Å²) < 4.78 is 0. The molecule has 0 aromatic heterocycles. The zero-order valence-electron chi connectivity index (χ0n) is 29.4. The summed E-state index contributed by atoms with van der Waals surface area (Å²) in [6.07, 6.45) is 15.8. The van der Waals surface area contributed by atoms with Crippen LogP contribution in [0.3, 0.4) is 0 Å². The van der Waals surface area contributed by atoms with Crippen LogP contribution in [0.25, 0.3) is 16.7 Å². The van der Waals surface area contributed by atoms with Gasteiger partial charge in [0.2, 0.25) is 0 Å². The second-order valence-electron chi connectivity index (χ2n) is 15.0. The van der Waals surface area contributed by atoms with Crippen molar-refractivity contribution in [1.82, 2.24) is 0 Å². The second kappa shape index (κ2) is 11.0. The van der Waals surface area contributed by atoms with Gasteiger partial charge in [0.15, 0.2) is 0 Å². The van der Waals surface area contributed by atoms with Crippen molar-refractivity contribution in [2.45, 2.75) is 43.4 Å². The van der Waals surface area contributed by atoms with Crippen LogP contribution in [0.4, 0.5) is 11.4 Å². The predicted molar refractivity (Wildman–Crippen MR) is 215 cm³/mol. The van der Waals surface area contributed by atoms with Crippen LogP contribution in [0.1, 0.15) is 76.3 Å². The van der Waals surface area contributed by atoms with Crippen LogP contribution >= 0.6 is 0 Å². The molecule has 11 rings (SSSR count). The van der Waals surface area contributed by atoms with Crippen LogP contribution in [0.15, 0.2) is 181 Å². The number of hydrogen-bond acceptors (Lipinski definition) is 1. The molecule has 6 aromatic carbocycles. The van der Waals surface area contributed by atoms with Gasteiger partial charge in [-0.25, -0.2) is 0 Å². The highest BCUT2D eigenvalue weighted by molar-refractivity contribution is 5.96. The first-order valence-electron chi connectivity index (χ1n) is 18.9. The summed E-state index contributed by atoms with van der Waals surface area (Å²) in [5.41, 5.74) is 21.0. The van der Waals surface area contributed by atoms with Crippen LogP contribution < -0.4 is 4.90 Å². The minimum atomic E-state index is -0.453. The number of para-hydroxylation sites is 1. The molecule has 1 heteroatoms. The van der Waals surface area contributed by atoms with Gasteiger partial charge in [-0.05, 0) is 129 Å². The van der Waals surface area contributed by atoms with Crippen molar-refractivity contribution in [1.29, 1.82) is 0 Å². The number of benzene rings is 6. The van der Waals surface area contributed by atoms with Crippen molar-refractivity contribution in [2.24, 2.45) is 0 Å². The van der Waals surface area contributed by atoms with Gasteiger partial charge in [0, 0.05) is 17.1 Å². The van der Waals surface area contributed by atoms with Gasteiger partial charge in [-0.15, -0.1) is 0 Å². The third-order valence-corrected chi connectivity index (χ3v) is 12.6. The third-order valence-electron chi connectivity index (χ3n) is 12.6. The molecule has 0 fully saturated rings. The molecule has 0 radical (unpaired) electrons. The van der Waals surface area contributed by atoms with Crippen LogP contribution in [-0.4, -0.2) is 0 Å². The quantitative estimate of drug-likeness (QED) is 0.169. The molecule has 1 heterocycles. The SMILES string of the molecule is C/C1=C\C=C/CCc2ccccc2N1c1ccc2c(c1)C1(C3=C(C=CCC3)c3ccccc31)c1ccccc1C21c2ccccc2-c2ccccc21. The van der Waals surface area contributed by atoms with E-state index in [9.17, 15) is 0 Å². The number of hydrogen-bond donors (Lipinski definition) is 0. The van der Waals surface area contributed by atoms with Crippen molar-refractivity contribution < 1.29 is 0 Å². The van der Waals surface area contributed by atoms with E-state index in [2.05, 4.69) is 182 Å². The molecule has 0 bridgehead atoms. The van der Waals surface area contributed by atoms with Gasteiger partial charge >= 0.3 is 0 Å². The summed E-state index contributed by atoms with van der Waals surface area (Å²) in [5.74, 6) is 0. The largest absolute Gasteiger partial charge is 0.314 e. The van der Waals surface area contributed by atoms with Gasteiger partial charge in [0.25, 0.3) is 0 Å². The van der Waals surface area contributed by atoms with Crippen LogP contribution in [0.2, 0.25) is 0 Å². The first-order valence-corrected chi connectivity index (χ1v) is 18.9. The van der Waals surface area contributed by atoms with E-state index >= 15 is 0 Å². The minimum Gasteiger partial charge on any atom is -0.314 e. The fourth-order valence-corrected chi connectivity index (χ4v) is 10.8. The monoisotopic (exact) mass is 665 g/mol. The Hall–Kier alpha value is -5.92. The lowest BCUT2D eigenvalue weighted by atomic mass is 9.51. The number of fused-ring (bicyclic) bond motifs is 16. The van der Waals surface area contributed by atoms with E-state index in [0.717, 1.165) is 25.7 Å². The molecule has 0 N–H and O–H groups in total. The van der Waals surface area contributed by atoms with Crippen LogP contribution in [0, 0.1) is 0 Å². The molecule has 248 valence electrons. The smallest absolute Gasteiger partial charge is 0.0720 e. The Morgan fingerprint density at radius 1 is 0.500 bits per heavy atom. The fraction of sp³-hybridized carbons (Fsp3) is 0.137. The van der Waals surface area contributed by atoms with Gasteiger partial charge in [-0.3, -0.25) is 0 Å². The molecule has 1 atom stereocenters. The molecule has 0 saturated carbocycles. The number of aryl methyl sites for hydroxylation is 1. The molecule has 6 aromatic rings. The number of allylic oxidation sites excluding steroid dienone is 8. The van der Waals surface area contributed by atoms with Gasteiger partial charge < -0.3 is 4.90 Å². The predicted octanol–water partition coefficient (Wildman–Crippen LogP) is 12.4. The van der Waals surface area contributed by atoms with E-state index in [1.54, 1.807) is 0 Å². The highest BCUT2D eigenvalue weighted by Gasteiger charge is 2.59. The Balaban J connectivity index is 1.31. The van der Waals surface area contributed by atoms with Crippen LogP contribution in [0.5, 0.6) is 0 Å². The van der Waals surface area contributed by atoms with E-state index in [1.807, 2.05) is 0 Å². The summed E-state index contributed by atoms with van der Waals surface area (Å²) in [6.45, 7) is 2.26. The lowest BCUT2D eigenvalue weighted by Gasteiger charge is -2.50. The third kappa shape index (κ3) is 3.68. The Morgan fingerprint density at radius 3 is 1.83 bits per heavy atom. The number of rotatable bonds is 1. The molecule has 1 aliphatic heterocycles. The highest BCUT2D eigenvalue weighted by Crippen LogP contribution is 2.68. The standard InChI is InChI=1S/C51H39N/c1-34-17-3-2-4-18-35-19-5-16-30-49(35)52(34)36-31-32-47-48(33-36)51(43-26-12-8-22-39(43)40-23-9-13-27-44(40)51)46-29-15-14-28-45(46)50(47)41-24-10-6-20-37(41)38-21-7-11-25-42(38)50/h2-3,5-12,14-17,19-26,28-33H,4,13,18,27H2,1H3/b3-2-,34-17+. The summed E-state index contributed by atoms with van der Waals surface area (Å²) in [4.78, 5) is 2.51. The molecular formula is C51H39N. The Bertz CT molecular complexity index is 2560. The zero-order valence-corrected chi connectivity index (χ0v) is 29.4. The number of anilines is 2. The maximum atomic E-state index is 2.59. The lowest BCUT2D eigenvalue weighted by Crippen LogP contribution is -2.44. The first-order chi connectivity index (χ1) is 25.7. The molecule has 52 heavy (non-hydrogen) atoms. The Morgan fingerprint density at radius 2 is 1.08 bits per heavy atom. The summed E-state index contributed by atoms with van der Waals surface area (Å²) in [7, 11) is 0. The minimum absolute atomic E-state index is 0.424. The van der Waals surface area contributed by atoms with Crippen molar-refractivity contribution in [3.63, 3.8) is 0 Å². The molecule has 0 amide bonds. The van der Waals surface area contributed by atoms with Gasteiger partial charge in [-0.2, -0.15) is 0 Å². The summed E-state index contributed by atoms with van der Waals surface area (Å²) in [5, 5.41) is 0. The molecule has 0 saturated heterocycles. The van der Waals surface area contributed by atoms with Crippen molar-refractivity contribution >= 4 is 16.9 Å². The Labute approximate surface area is 306 Å². The molecule has 4 aliphatic carbocycles. The van der Waals surface area contributed by atoms with Crippen molar-refractivity contribution in [2.75, 3.05) is 4.90 Å². The van der Waals surface area contributed by atoms with Crippen molar-refractivity contribution in [3.05, 3.63) is 231 Å². The van der Waals surface area contributed by atoms with E-state index in [4.69, 9.17) is 0 Å². The van der Waals surface area contributed by atoms with E-state index < -0.39 is 10.8 Å². The normalized spacial score (nSPS) is 21.4. The van der Waals surface area contributed by atoms with Crippen LogP contribution in [-0.2, 0) is 17.3 Å². The first kappa shape index (κ1) is 29.8. The average molecular weight is 666 g/mol. The molecule has 1 unspecified atom stereocenters. The van der Waals surface area contributed by atoms with E-state index in [-0.39, 0.29) is 0 Å². The lowest BCUT2D eigenvalue weighted by molar-refractivity contribution is 0.605. The molecule has 5 aliphatic rings. The maximum absolute atomic E-state index is 2.59. The van der Waals surface area contributed by atoms with Gasteiger partial charge in [0.1, 0.15) is 0 Å². The van der Waals surface area contributed by atoms with Gasteiger partial charge in [0.05, 0.1) is 10.8 Å². The average Bonchev–Trinajstić information content (AvgIpc) is 3.69. The second-order valence-corrected chi connectivity index (χ2v) is 15.0. The molecule has 2 spiro atoms. The topological polar surface area (TPSA) is 3.24 Å². The van der Waals surface area contributed by atoms with Crippen molar-refractivity contribution in [3.8, 4) is 11.1 Å². The molecule has 1 nitrogen and oxygen atoms in total. The summed E-state index contributed by atoms with van der Waals surface area (Å²) >= 11 is 0. The molecular weight excluding hydrogens is 627 g/mol. The Kier molecular flexibility index (Phi) is 6.32. The number of nitrogens with zero attached hydrogens (tertiary/aromatic N) is 1. The highest BCUT2D eigenvalue weighted by atomic mass is 15.1. The van der Waals surface area contributed by atoms with Gasteiger partial charge in [-0.1, -0.05) is 146 Å². The van der Waals surface area contributed by atoms with E-state index in [1.165, 1.54) is 89.4 Å². The fourth-order valence-electron chi connectivity index (χ4n) is 10.8.